The van der Waals surface area contributed by atoms with E-state index in [0.717, 1.165) is 22.4 Å². The number of para-hydroxylation sites is 1. The van der Waals surface area contributed by atoms with Crippen LogP contribution in [-0.2, 0) is 9.53 Å². The first-order chi connectivity index (χ1) is 15.2. The van der Waals surface area contributed by atoms with Gasteiger partial charge >= 0.3 is 0 Å². The molecule has 0 bridgehead atoms. The van der Waals surface area contributed by atoms with Crippen molar-refractivity contribution in [2.75, 3.05) is 4.90 Å². The highest BCUT2D eigenvalue weighted by atomic mass is 16.5. The third kappa shape index (κ3) is 2.97. The van der Waals surface area contributed by atoms with E-state index in [9.17, 15) is 10.1 Å². The number of hydrogen-bond donors (Lipinski definition) is 1. The van der Waals surface area contributed by atoms with Crippen LogP contribution in [0.1, 0.15) is 23.1 Å². The summed E-state index contributed by atoms with van der Waals surface area (Å²) in [4.78, 5) is 15.3. The minimum atomic E-state index is -0.474. The van der Waals surface area contributed by atoms with Crippen molar-refractivity contribution in [3.8, 4) is 6.07 Å². The lowest BCUT2D eigenvalue weighted by Gasteiger charge is -2.31. The van der Waals surface area contributed by atoms with E-state index in [1.165, 1.54) is 0 Å². The van der Waals surface area contributed by atoms with E-state index in [1.807, 2.05) is 91.0 Å². The van der Waals surface area contributed by atoms with Crippen LogP contribution < -0.4 is 10.6 Å². The van der Waals surface area contributed by atoms with Crippen molar-refractivity contribution < 1.29 is 9.53 Å². The molecular weight excluding hydrogens is 386 g/mol. The van der Waals surface area contributed by atoms with Crippen molar-refractivity contribution in [3.05, 3.63) is 125 Å². The second-order valence-electron chi connectivity index (χ2n) is 7.44. The molecular formula is C26H19N3O2. The first kappa shape index (κ1) is 18.7. The maximum atomic E-state index is 13.6. The van der Waals surface area contributed by atoms with E-state index in [2.05, 4.69) is 6.07 Å². The van der Waals surface area contributed by atoms with Crippen molar-refractivity contribution in [2.24, 2.45) is 5.73 Å². The molecule has 2 N–H and O–H groups in total. The molecule has 0 saturated heterocycles. The second kappa shape index (κ2) is 7.51. The van der Waals surface area contributed by atoms with Gasteiger partial charge in [-0.3, -0.25) is 9.69 Å². The van der Waals surface area contributed by atoms with Crippen molar-refractivity contribution in [1.29, 1.82) is 5.26 Å². The van der Waals surface area contributed by atoms with E-state index in [-0.39, 0.29) is 17.5 Å². The molecule has 2 heterocycles. The third-order valence-corrected chi connectivity index (χ3v) is 5.71. The average Bonchev–Trinajstić information content (AvgIpc) is 3.11. The van der Waals surface area contributed by atoms with Crippen molar-refractivity contribution in [1.82, 2.24) is 0 Å². The molecule has 3 aromatic carbocycles. The van der Waals surface area contributed by atoms with Gasteiger partial charge in [0.2, 0.25) is 5.88 Å². The van der Waals surface area contributed by atoms with Crippen molar-refractivity contribution in [2.45, 2.75) is 12.0 Å². The van der Waals surface area contributed by atoms with Gasteiger partial charge in [-0.15, -0.1) is 0 Å². The van der Waals surface area contributed by atoms with E-state index in [1.54, 1.807) is 4.90 Å². The van der Waals surface area contributed by atoms with Gasteiger partial charge in [0.1, 0.15) is 11.6 Å². The molecule has 0 saturated carbocycles. The summed E-state index contributed by atoms with van der Waals surface area (Å²) in [5.74, 6) is -0.568. The number of rotatable bonds is 3. The minimum absolute atomic E-state index is 0.0230. The Bertz CT molecular complexity index is 1240. The standard InChI is InChI=1S/C26H19N3O2/c27-16-20-21(17-10-4-1-5-11-17)22-23(18-12-6-2-7-13-18)29(19-14-8-3-9-15-19)26(30)24(22)31-25(20)28/h1-15,21,23H,28H2. The zero-order chi connectivity index (χ0) is 21.4. The van der Waals surface area contributed by atoms with E-state index >= 15 is 0 Å². The number of carbonyl (C=O) groups is 1. The van der Waals surface area contributed by atoms with Gasteiger partial charge in [0, 0.05) is 11.3 Å². The largest absolute Gasteiger partial charge is 0.435 e. The molecule has 31 heavy (non-hydrogen) atoms. The Kier molecular flexibility index (Phi) is 4.53. The molecule has 2 aliphatic rings. The molecule has 0 radical (unpaired) electrons. The van der Waals surface area contributed by atoms with Crippen LogP contribution in [0.3, 0.4) is 0 Å². The molecule has 0 aromatic heterocycles. The lowest BCUT2D eigenvalue weighted by molar-refractivity contribution is -0.117. The van der Waals surface area contributed by atoms with Gasteiger partial charge in [0.15, 0.2) is 5.76 Å². The topological polar surface area (TPSA) is 79.4 Å². The summed E-state index contributed by atoms with van der Waals surface area (Å²) in [7, 11) is 0. The van der Waals surface area contributed by atoms with Gasteiger partial charge in [-0.2, -0.15) is 5.26 Å². The number of nitrogens with zero attached hydrogens (tertiary/aromatic N) is 2. The average molecular weight is 405 g/mol. The first-order valence-corrected chi connectivity index (χ1v) is 10.0. The second-order valence-corrected chi connectivity index (χ2v) is 7.44. The van der Waals surface area contributed by atoms with E-state index in [4.69, 9.17) is 10.5 Å². The summed E-state index contributed by atoms with van der Waals surface area (Å²) in [6.45, 7) is 0. The monoisotopic (exact) mass is 405 g/mol. The number of nitrogens with two attached hydrogens (primary N) is 1. The van der Waals surface area contributed by atoms with Gasteiger partial charge in [-0.05, 0) is 23.3 Å². The summed E-state index contributed by atoms with van der Waals surface area (Å²) in [5, 5.41) is 9.93. The van der Waals surface area contributed by atoms with Crippen molar-refractivity contribution in [3.63, 3.8) is 0 Å². The maximum absolute atomic E-state index is 13.6. The predicted molar refractivity (Wildman–Crippen MR) is 117 cm³/mol. The number of amides is 1. The Hall–Kier alpha value is -4.30. The highest BCUT2D eigenvalue weighted by molar-refractivity contribution is 6.09. The number of benzene rings is 3. The van der Waals surface area contributed by atoms with Crippen molar-refractivity contribution >= 4 is 11.6 Å². The number of nitriles is 1. The van der Waals surface area contributed by atoms with Crippen LogP contribution in [0, 0.1) is 11.3 Å². The van der Waals surface area contributed by atoms with Crippen LogP contribution in [0.25, 0.3) is 0 Å². The first-order valence-electron chi connectivity index (χ1n) is 10.0. The summed E-state index contributed by atoms with van der Waals surface area (Å²) >= 11 is 0. The van der Waals surface area contributed by atoms with Crippen LogP contribution in [0.4, 0.5) is 5.69 Å². The lowest BCUT2D eigenvalue weighted by atomic mass is 9.79. The fraction of sp³-hybridized carbons (Fsp3) is 0.0769. The molecule has 5 heteroatoms. The van der Waals surface area contributed by atoms with Crippen LogP contribution in [0.15, 0.2) is 114 Å². The smallest absolute Gasteiger partial charge is 0.294 e. The Morgan fingerprint density at radius 1 is 0.839 bits per heavy atom. The number of anilines is 1. The highest BCUT2D eigenvalue weighted by Crippen LogP contribution is 2.52. The molecule has 3 aromatic rings. The molecule has 0 fully saturated rings. The highest BCUT2D eigenvalue weighted by Gasteiger charge is 2.49. The fourth-order valence-electron chi connectivity index (χ4n) is 4.40. The van der Waals surface area contributed by atoms with Gasteiger partial charge in [0.25, 0.3) is 5.91 Å². The van der Waals surface area contributed by atoms with Crippen LogP contribution in [0.5, 0.6) is 0 Å². The molecule has 2 atom stereocenters. The molecule has 0 aliphatic carbocycles. The Labute approximate surface area is 180 Å². The Morgan fingerprint density at radius 3 is 1.97 bits per heavy atom. The van der Waals surface area contributed by atoms with Crippen LogP contribution >= 0.6 is 0 Å². The zero-order valence-electron chi connectivity index (χ0n) is 16.6. The summed E-state index contributed by atoms with van der Waals surface area (Å²) in [5.41, 5.74) is 9.76. The van der Waals surface area contributed by atoms with Crippen LogP contribution in [-0.4, -0.2) is 5.91 Å². The number of hydrogen-bond acceptors (Lipinski definition) is 4. The molecule has 5 nitrogen and oxygen atoms in total. The summed E-state index contributed by atoms with van der Waals surface area (Å²) in [6.07, 6.45) is 0. The molecule has 0 spiro atoms. The Morgan fingerprint density at radius 2 is 1.39 bits per heavy atom. The molecule has 2 aliphatic heterocycles. The number of carbonyl (C=O) groups excluding carboxylic acids is 1. The quantitative estimate of drug-likeness (QED) is 0.694. The van der Waals surface area contributed by atoms with Crippen LogP contribution in [0.2, 0.25) is 0 Å². The van der Waals surface area contributed by atoms with Gasteiger partial charge < -0.3 is 10.5 Å². The van der Waals surface area contributed by atoms with Gasteiger partial charge in [-0.25, -0.2) is 0 Å². The normalized spacial score (nSPS) is 20.4. The molecule has 150 valence electrons. The maximum Gasteiger partial charge on any atom is 0.294 e. The van der Waals surface area contributed by atoms with Gasteiger partial charge in [0.05, 0.1) is 12.0 Å². The summed E-state index contributed by atoms with van der Waals surface area (Å²) < 4.78 is 5.80. The summed E-state index contributed by atoms with van der Waals surface area (Å²) in [6, 6.07) is 30.7. The predicted octanol–water partition coefficient (Wildman–Crippen LogP) is 4.54. The van der Waals surface area contributed by atoms with E-state index in [0.29, 0.717) is 5.57 Å². The molecule has 1 amide bonds. The molecule has 2 unspecified atom stereocenters. The third-order valence-electron chi connectivity index (χ3n) is 5.71. The SMILES string of the molecule is N#CC1=C(N)OC2=C(C1c1ccccc1)C(c1ccccc1)N(c1ccccc1)C2=O. The van der Waals surface area contributed by atoms with Gasteiger partial charge in [-0.1, -0.05) is 78.9 Å². The number of ether oxygens (including phenoxy) is 1. The van der Waals surface area contributed by atoms with E-state index < -0.39 is 12.0 Å². The fourth-order valence-corrected chi connectivity index (χ4v) is 4.40. The zero-order valence-corrected chi connectivity index (χ0v) is 16.6. The minimum Gasteiger partial charge on any atom is -0.435 e. The Balaban J connectivity index is 1.76. The lowest BCUT2D eigenvalue weighted by Crippen LogP contribution is -2.30. The number of allylic oxidation sites excluding steroid dienone is 1. The molecule has 5 rings (SSSR count).